The quantitative estimate of drug-likeness (QED) is 0.336. The van der Waals surface area contributed by atoms with Crippen molar-refractivity contribution >= 4 is 28.6 Å². The largest absolute Gasteiger partial charge is 0.309 e. The number of nitrogens with one attached hydrogen (secondary N) is 1. The van der Waals surface area contributed by atoms with Crippen LogP contribution in [0.5, 0.6) is 0 Å². The van der Waals surface area contributed by atoms with Gasteiger partial charge in [0.1, 0.15) is 21.7 Å². The van der Waals surface area contributed by atoms with Crippen LogP contribution in [-0.2, 0) is 0 Å². The van der Waals surface area contributed by atoms with Crippen molar-refractivity contribution in [1.29, 1.82) is 0 Å². The van der Waals surface area contributed by atoms with E-state index in [0.717, 1.165) is 16.8 Å². The third-order valence-corrected chi connectivity index (χ3v) is 9.57. The highest BCUT2D eigenvalue weighted by atomic mass is 35.7. The maximum atomic E-state index is 8.49. The smallest absolute Gasteiger partial charge is 0.196 e. The lowest BCUT2D eigenvalue weighted by molar-refractivity contribution is -2.00. The molecule has 176 valence electrons. The average molecular weight is 505 g/mol. The van der Waals surface area contributed by atoms with Gasteiger partial charge in [-0.05, 0) is 36.4 Å². The van der Waals surface area contributed by atoms with Crippen LogP contribution in [0.25, 0.3) is 11.4 Å². The highest BCUT2D eigenvalue weighted by Crippen LogP contribution is 2.53. The first-order chi connectivity index (χ1) is 16.9. The van der Waals surface area contributed by atoms with Gasteiger partial charge in [-0.2, -0.15) is 0 Å². The first-order valence-corrected chi connectivity index (χ1v) is 13.7. The van der Waals surface area contributed by atoms with Crippen molar-refractivity contribution in [2.24, 2.45) is 0 Å². The van der Waals surface area contributed by atoms with Crippen molar-refractivity contribution < 1.29 is 28.9 Å². The number of imidazole rings is 1. The van der Waals surface area contributed by atoms with Crippen LogP contribution in [0.1, 0.15) is 0 Å². The van der Waals surface area contributed by atoms with E-state index in [1.807, 2.05) is 24.4 Å². The number of hydrogen-bond acceptors (Lipinski definition) is 5. The molecule has 0 saturated carbocycles. The Balaban J connectivity index is 0.000000527. The van der Waals surface area contributed by atoms with Crippen LogP contribution >= 0.6 is 7.26 Å². The number of H-pyrrole nitrogens is 1. The summed E-state index contributed by atoms with van der Waals surface area (Å²) in [6.07, 6.45) is 2.03. The first kappa shape index (κ1) is 24.8. The maximum Gasteiger partial charge on any atom is 0.196 e. The molecule has 0 bridgehead atoms. The predicted molar refractivity (Wildman–Crippen MR) is 129 cm³/mol. The fraction of sp³-hybridized carbons (Fsp3) is 0. The Labute approximate surface area is 206 Å². The summed E-state index contributed by atoms with van der Waals surface area (Å²) in [5.74, 6) is 0.901. The van der Waals surface area contributed by atoms with Gasteiger partial charge in [0.25, 0.3) is 0 Å². The third-order valence-electron chi connectivity index (χ3n) is 5.40. The predicted octanol–water partition coefficient (Wildman–Crippen LogP) is -0.0599. The molecule has 0 saturated heterocycles. The first-order valence-electron chi connectivity index (χ1n) is 10.7. The van der Waals surface area contributed by atoms with E-state index in [1.165, 1.54) is 15.9 Å². The summed E-state index contributed by atoms with van der Waals surface area (Å²) >= 11 is 0. The summed E-state index contributed by atoms with van der Waals surface area (Å²) in [5.41, 5.74) is 2.25. The normalized spacial score (nSPS) is 11.4. The highest BCUT2D eigenvalue weighted by Gasteiger charge is 2.49. The maximum absolute atomic E-state index is 8.49. The van der Waals surface area contributed by atoms with Gasteiger partial charge in [0.2, 0.25) is 0 Å². The van der Waals surface area contributed by atoms with Crippen LogP contribution in [-0.4, -0.2) is 9.97 Å². The minimum Gasteiger partial charge on any atom is -0.309 e. The Hall–Kier alpha value is -3.35. The summed E-state index contributed by atoms with van der Waals surface area (Å²) in [7, 11) is -7.07. The Bertz CT molecular complexity index is 1230. The topological polar surface area (TPSA) is 121 Å². The zero-order valence-electron chi connectivity index (χ0n) is 18.5. The Morgan fingerprint density at radius 2 is 0.886 bits per heavy atom. The number of rotatable bonds is 5. The lowest BCUT2D eigenvalue weighted by Gasteiger charge is -2.25. The Morgan fingerprint density at radius 1 is 0.543 bits per heavy atom. The molecule has 0 unspecified atom stereocenters. The molecule has 0 fully saturated rings. The number of nitrogens with zero attached hydrogens (tertiary/aromatic N) is 1. The second-order valence-corrected chi connectivity index (χ2v) is 11.7. The van der Waals surface area contributed by atoms with Crippen molar-refractivity contribution in [3.63, 3.8) is 0 Å². The van der Waals surface area contributed by atoms with Crippen molar-refractivity contribution in [3.8, 4) is 11.4 Å². The van der Waals surface area contributed by atoms with Crippen LogP contribution in [0.2, 0.25) is 0 Å². The SMILES string of the molecule is [O-][Cl+3]([O-])([O-])[O-].c1ccc(-c2ncc([P+](c3ccccc3)(c3ccccc3)c3ccccc3)[nH]2)cc1. The van der Waals surface area contributed by atoms with Gasteiger partial charge in [0, 0.05) is 5.56 Å². The zero-order valence-corrected chi connectivity index (χ0v) is 20.2. The molecule has 35 heavy (non-hydrogen) atoms. The molecular weight excluding hydrogens is 483 g/mol. The molecule has 4 aromatic carbocycles. The van der Waals surface area contributed by atoms with Gasteiger partial charge in [-0.25, -0.2) is 23.6 Å². The number of halogens is 1. The molecular formula is C27H22ClN2O4P. The van der Waals surface area contributed by atoms with Crippen molar-refractivity contribution in [1.82, 2.24) is 9.97 Å². The highest BCUT2D eigenvalue weighted by molar-refractivity contribution is 8.01. The minimum absolute atomic E-state index is 0.901. The van der Waals surface area contributed by atoms with Gasteiger partial charge in [-0.1, -0.05) is 84.9 Å². The van der Waals surface area contributed by atoms with E-state index in [4.69, 9.17) is 23.6 Å². The van der Waals surface area contributed by atoms with Gasteiger partial charge in [-0.15, -0.1) is 10.2 Å². The van der Waals surface area contributed by atoms with Crippen LogP contribution in [0.15, 0.2) is 128 Å². The molecule has 0 aliphatic heterocycles. The molecule has 8 heteroatoms. The second kappa shape index (κ2) is 10.9. The molecule has 0 radical (unpaired) electrons. The molecule has 0 spiro atoms. The summed E-state index contributed by atoms with van der Waals surface area (Å²) in [6, 6.07) is 42.8. The molecule has 5 aromatic rings. The second-order valence-electron chi connectivity index (χ2n) is 7.54. The van der Waals surface area contributed by atoms with E-state index in [1.54, 1.807) is 0 Å². The van der Waals surface area contributed by atoms with Crippen LogP contribution in [0.4, 0.5) is 0 Å². The molecule has 1 N–H and O–H groups in total. The summed E-state index contributed by atoms with van der Waals surface area (Å²) in [4.78, 5) is 8.51. The lowest BCUT2D eigenvalue weighted by atomic mass is 10.2. The zero-order chi connectivity index (χ0) is 24.7. The van der Waals surface area contributed by atoms with E-state index in [0.29, 0.717) is 0 Å². The number of hydrogen-bond donors (Lipinski definition) is 1. The van der Waals surface area contributed by atoms with Gasteiger partial charge in [-0.3, -0.25) is 0 Å². The third kappa shape index (κ3) is 5.84. The average Bonchev–Trinajstić information content (AvgIpc) is 3.37. The molecule has 0 amide bonds. The Morgan fingerprint density at radius 3 is 1.26 bits per heavy atom. The molecule has 0 aliphatic carbocycles. The van der Waals surface area contributed by atoms with Crippen molar-refractivity contribution in [2.75, 3.05) is 0 Å². The van der Waals surface area contributed by atoms with Crippen LogP contribution < -0.4 is 40.0 Å². The molecule has 6 nitrogen and oxygen atoms in total. The van der Waals surface area contributed by atoms with Crippen molar-refractivity contribution in [2.45, 2.75) is 0 Å². The molecule has 1 heterocycles. The van der Waals surface area contributed by atoms with Gasteiger partial charge in [0.15, 0.2) is 12.7 Å². The molecule has 0 atom stereocenters. The molecule has 0 aliphatic rings. The summed E-state index contributed by atoms with van der Waals surface area (Å²) < 4.78 is 34.0. The molecule has 5 rings (SSSR count). The number of aromatic amines is 1. The standard InChI is InChI=1S/C27H22N2P.ClHO4/c1-5-13-22(14-6-1)27-28-21-26(29-27)30(23-15-7-2-8-16-23,24-17-9-3-10-18-24)25-19-11-4-12-20-25;2-1(3,4)5/h1-21H,(H,28,29);(H,2,3,4,5)/q+1;/p-1. The minimum atomic E-state index is -4.94. The number of benzene rings is 4. The van der Waals surface area contributed by atoms with E-state index >= 15 is 0 Å². The fourth-order valence-corrected chi connectivity index (χ4v) is 8.14. The van der Waals surface area contributed by atoms with Crippen LogP contribution in [0.3, 0.4) is 0 Å². The summed E-state index contributed by atoms with van der Waals surface area (Å²) in [5, 5.41) is 3.93. The number of aromatic nitrogens is 2. The van der Waals surface area contributed by atoms with Gasteiger partial charge in [0.05, 0.1) is 6.20 Å². The van der Waals surface area contributed by atoms with E-state index in [9.17, 15) is 0 Å². The van der Waals surface area contributed by atoms with E-state index < -0.39 is 17.5 Å². The Kier molecular flexibility index (Phi) is 7.73. The summed E-state index contributed by atoms with van der Waals surface area (Å²) in [6.45, 7) is 0. The van der Waals surface area contributed by atoms with Crippen molar-refractivity contribution in [3.05, 3.63) is 128 Å². The van der Waals surface area contributed by atoms with E-state index in [2.05, 4.69) is 108 Å². The fourth-order valence-electron chi connectivity index (χ4n) is 4.04. The van der Waals surface area contributed by atoms with E-state index in [-0.39, 0.29) is 0 Å². The lowest BCUT2D eigenvalue weighted by Crippen LogP contribution is -2.68. The molecule has 1 aromatic heterocycles. The van der Waals surface area contributed by atoms with Crippen LogP contribution in [0, 0.1) is 10.2 Å². The van der Waals surface area contributed by atoms with Gasteiger partial charge >= 0.3 is 0 Å². The monoisotopic (exact) mass is 504 g/mol. The van der Waals surface area contributed by atoms with Gasteiger partial charge < -0.3 is 4.98 Å².